The Morgan fingerprint density at radius 2 is 1.61 bits per heavy atom. The number of carbonyl (C=O) groups is 6. The monoisotopic (exact) mass is 618 g/mol. The summed E-state index contributed by atoms with van der Waals surface area (Å²) in [6.45, 7) is 18.2. The van der Waals surface area contributed by atoms with E-state index in [-0.39, 0.29) is 30.1 Å². The fourth-order valence-corrected chi connectivity index (χ4v) is 6.40. The molecule has 2 saturated heterocycles. The number of nitrogens with zero attached hydrogens (tertiary/aromatic N) is 1. The van der Waals surface area contributed by atoms with Crippen molar-refractivity contribution in [1.29, 1.82) is 0 Å². The zero-order chi connectivity index (χ0) is 33.1. The van der Waals surface area contributed by atoms with Gasteiger partial charge < -0.3 is 31.5 Å². The van der Waals surface area contributed by atoms with Crippen LogP contribution in [-0.4, -0.2) is 83.6 Å². The third-order valence-electron chi connectivity index (χ3n) is 8.83. The Balaban J connectivity index is 1.89. The van der Waals surface area contributed by atoms with E-state index in [1.54, 1.807) is 0 Å². The van der Waals surface area contributed by atoms with Gasteiger partial charge in [0.05, 0.1) is 6.04 Å². The van der Waals surface area contributed by atoms with Gasteiger partial charge in [-0.2, -0.15) is 0 Å². The molecule has 6 amide bonds. The molecule has 3 rings (SSSR count). The molecule has 0 unspecified atom stereocenters. The zero-order valence-electron chi connectivity index (χ0n) is 28.0. The molecule has 0 bridgehead atoms. The van der Waals surface area contributed by atoms with Crippen molar-refractivity contribution >= 4 is 35.4 Å². The number of ketones is 1. The van der Waals surface area contributed by atoms with Gasteiger partial charge in [-0.3, -0.25) is 24.0 Å². The van der Waals surface area contributed by atoms with E-state index in [0.29, 0.717) is 32.0 Å². The Morgan fingerprint density at radius 1 is 0.977 bits per heavy atom. The van der Waals surface area contributed by atoms with Crippen LogP contribution < -0.4 is 26.6 Å². The summed E-state index contributed by atoms with van der Waals surface area (Å²) >= 11 is 0. The minimum absolute atomic E-state index is 0.00499. The van der Waals surface area contributed by atoms with Crippen molar-refractivity contribution in [3.05, 3.63) is 0 Å². The smallest absolute Gasteiger partial charge is 0.315 e. The number of nitrogens with one attached hydrogen (secondary N) is 5. The van der Waals surface area contributed by atoms with Crippen LogP contribution in [0.2, 0.25) is 0 Å². The average Bonchev–Trinajstić information content (AvgIpc) is 3.54. The van der Waals surface area contributed by atoms with Gasteiger partial charge >= 0.3 is 6.03 Å². The van der Waals surface area contributed by atoms with Crippen LogP contribution in [0, 0.1) is 35.0 Å². The molecule has 6 atom stereocenters. The fraction of sp³-hybridized carbons (Fsp3) is 0.812. The Morgan fingerprint density at radius 3 is 2.11 bits per heavy atom. The topological polar surface area (TPSA) is 166 Å². The Kier molecular flexibility index (Phi) is 11.1. The summed E-state index contributed by atoms with van der Waals surface area (Å²) in [6.07, 6.45) is 2.49. The van der Waals surface area contributed by atoms with Crippen molar-refractivity contribution in [2.75, 3.05) is 19.6 Å². The first-order valence-corrected chi connectivity index (χ1v) is 16.1. The van der Waals surface area contributed by atoms with Gasteiger partial charge in [-0.15, -0.1) is 0 Å². The van der Waals surface area contributed by atoms with E-state index in [1.165, 1.54) is 4.90 Å². The van der Waals surface area contributed by atoms with Crippen LogP contribution in [0.15, 0.2) is 0 Å². The third-order valence-corrected chi connectivity index (χ3v) is 8.83. The highest BCUT2D eigenvalue weighted by Gasteiger charge is 2.51. The summed E-state index contributed by atoms with van der Waals surface area (Å²) in [5.41, 5.74) is -1.20. The van der Waals surface area contributed by atoms with E-state index in [2.05, 4.69) is 26.6 Å². The summed E-state index contributed by atoms with van der Waals surface area (Å²) in [7, 11) is 0. The SMILES string of the molecule is CC(C)[C@@H]1[C@@H](C(=O)N[C@@H](C[C@@H]2CCNC2=O)C(=O)C(=O)NCC2CC2)N(C(=O)[C@@H](NC(=O)NC(C)(C)C)C(C)(C)C)C[C@@H]1C. The first-order chi connectivity index (χ1) is 20.3. The number of hydrogen-bond acceptors (Lipinski definition) is 6. The van der Waals surface area contributed by atoms with Crippen molar-refractivity contribution < 1.29 is 28.8 Å². The summed E-state index contributed by atoms with van der Waals surface area (Å²) in [4.78, 5) is 81.5. The number of likely N-dealkylation sites (tertiary alicyclic amines) is 1. The van der Waals surface area contributed by atoms with Crippen molar-refractivity contribution in [3.63, 3.8) is 0 Å². The highest BCUT2D eigenvalue weighted by molar-refractivity contribution is 6.38. The van der Waals surface area contributed by atoms with Crippen LogP contribution in [0.4, 0.5) is 4.79 Å². The van der Waals surface area contributed by atoms with Crippen LogP contribution >= 0.6 is 0 Å². The van der Waals surface area contributed by atoms with Gasteiger partial charge in [0.15, 0.2) is 0 Å². The molecule has 0 aromatic heterocycles. The normalized spacial score (nSPS) is 25.2. The number of rotatable bonds is 11. The lowest BCUT2D eigenvalue weighted by Gasteiger charge is -2.37. The molecule has 12 nitrogen and oxygen atoms in total. The molecule has 44 heavy (non-hydrogen) atoms. The first kappa shape index (κ1) is 35.3. The van der Waals surface area contributed by atoms with Crippen LogP contribution in [0.5, 0.6) is 0 Å². The molecule has 3 aliphatic rings. The molecule has 2 heterocycles. The summed E-state index contributed by atoms with van der Waals surface area (Å²) in [6, 6.07) is -3.58. The van der Waals surface area contributed by atoms with E-state index >= 15 is 0 Å². The molecule has 0 radical (unpaired) electrons. The van der Waals surface area contributed by atoms with Gasteiger partial charge in [0, 0.05) is 31.1 Å². The van der Waals surface area contributed by atoms with Crippen molar-refractivity contribution in [3.8, 4) is 0 Å². The van der Waals surface area contributed by atoms with Crippen LogP contribution in [-0.2, 0) is 24.0 Å². The second-order valence-electron chi connectivity index (χ2n) is 15.5. The number of Topliss-reactive ketones (excluding diaryl/α,β-unsaturated/α-hetero) is 1. The zero-order valence-corrected chi connectivity index (χ0v) is 28.0. The molecule has 1 saturated carbocycles. The highest BCUT2D eigenvalue weighted by Crippen LogP contribution is 2.37. The molecule has 3 fully saturated rings. The molecular weight excluding hydrogens is 564 g/mol. The third kappa shape index (κ3) is 9.17. The molecular formula is C32H54N6O6. The largest absolute Gasteiger partial charge is 0.356 e. The summed E-state index contributed by atoms with van der Waals surface area (Å²) in [5, 5.41) is 13.9. The molecule has 5 N–H and O–H groups in total. The maximum absolute atomic E-state index is 14.2. The van der Waals surface area contributed by atoms with Crippen LogP contribution in [0.3, 0.4) is 0 Å². The molecule has 0 aromatic carbocycles. The molecule has 0 aromatic rings. The predicted molar refractivity (Wildman–Crippen MR) is 166 cm³/mol. The molecule has 12 heteroatoms. The van der Waals surface area contributed by atoms with Crippen LogP contribution in [0.1, 0.15) is 88.0 Å². The lowest BCUT2D eigenvalue weighted by molar-refractivity contribution is -0.145. The predicted octanol–water partition coefficient (Wildman–Crippen LogP) is 1.72. The number of amides is 6. The minimum Gasteiger partial charge on any atom is -0.356 e. The van der Waals surface area contributed by atoms with Gasteiger partial charge in [-0.25, -0.2) is 4.79 Å². The van der Waals surface area contributed by atoms with Crippen LogP contribution in [0.25, 0.3) is 0 Å². The number of urea groups is 1. The van der Waals surface area contributed by atoms with E-state index in [4.69, 9.17) is 0 Å². The Labute approximate surface area is 262 Å². The first-order valence-electron chi connectivity index (χ1n) is 16.1. The lowest BCUT2D eigenvalue weighted by atomic mass is 9.81. The summed E-state index contributed by atoms with van der Waals surface area (Å²) in [5.74, 6) is -3.15. The second-order valence-corrected chi connectivity index (χ2v) is 15.5. The van der Waals surface area contributed by atoms with Gasteiger partial charge in [0.1, 0.15) is 12.1 Å². The van der Waals surface area contributed by atoms with Crippen molar-refractivity contribution in [1.82, 2.24) is 31.5 Å². The molecule has 0 spiro atoms. The summed E-state index contributed by atoms with van der Waals surface area (Å²) < 4.78 is 0. The standard InChI is InChI=1S/C32H54N6O6/c1-17(2)22-18(3)16-38(29(43)25(31(4,5)6)36-30(44)37-32(7,8)9)23(22)27(41)35-21(14-20-12-13-33-26(20)40)24(39)28(42)34-15-19-10-11-19/h17-23,25H,10-16H2,1-9H3,(H,33,40)(H,34,42)(H,35,41)(H2,36,37,44)/t18-,20-,21-,22-,23-,25+/m0/s1. The lowest BCUT2D eigenvalue weighted by Crippen LogP contribution is -2.62. The second kappa shape index (κ2) is 13.9. The van der Waals surface area contributed by atoms with Crippen molar-refractivity contribution in [2.45, 2.75) is 112 Å². The minimum atomic E-state index is -1.22. The maximum atomic E-state index is 14.2. The van der Waals surface area contributed by atoms with Gasteiger partial charge in [0.2, 0.25) is 23.5 Å². The van der Waals surface area contributed by atoms with E-state index in [0.717, 1.165) is 12.8 Å². The van der Waals surface area contributed by atoms with Gasteiger partial charge in [-0.1, -0.05) is 41.5 Å². The van der Waals surface area contributed by atoms with E-state index in [9.17, 15) is 28.8 Å². The van der Waals surface area contributed by atoms with Gasteiger partial charge in [0.25, 0.3) is 5.91 Å². The highest BCUT2D eigenvalue weighted by atomic mass is 16.2. The Bertz CT molecular complexity index is 1120. The quantitative estimate of drug-likeness (QED) is 0.221. The molecule has 2 aliphatic heterocycles. The molecule has 1 aliphatic carbocycles. The number of hydrogen-bond donors (Lipinski definition) is 5. The average molecular weight is 619 g/mol. The number of carbonyl (C=O) groups excluding carboxylic acids is 6. The van der Waals surface area contributed by atoms with Gasteiger partial charge in [-0.05, 0) is 75.5 Å². The van der Waals surface area contributed by atoms with Crippen molar-refractivity contribution in [2.24, 2.45) is 35.0 Å². The Hall–Kier alpha value is -3.18. The molecule has 248 valence electrons. The van der Waals surface area contributed by atoms with E-state index < -0.39 is 64.5 Å². The fourth-order valence-electron chi connectivity index (χ4n) is 6.40. The maximum Gasteiger partial charge on any atom is 0.315 e. The van der Waals surface area contributed by atoms with E-state index in [1.807, 2.05) is 62.3 Å².